The molecule has 11 N–H and O–H groups in total. The predicted octanol–water partition coefficient (Wildman–Crippen LogP) is -1.51. The van der Waals surface area contributed by atoms with Gasteiger partial charge in [-0.05, 0) is 81.2 Å². The molecule has 21 nitrogen and oxygen atoms in total. The fourth-order valence-corrected chi connectivity index (χ4v) is 7.02. The SMILES string of the molecule is CSCC[C@H](NC(=O)c1ccc(F)cc1)C(=O)N[C@@H](CCC(N)=O)C(=O)N[C@@H](CO)C(=O)N[C@H](C(=O)N1CCC[C@H]1C(=O)N[C@@H](CC(C)C)C(=O)O)[C@@H](C)OP(=O)(O)O. The predicted molar refractivity (Wildman–Crippen MR) is 208 cm³/mol. The number of amides is 7. The molecule has 1 heterocycles. The number of primary amides is 1. The lowest BCUT2D eigenvalue weighted by Crippen LogP contribution is -2.62. The van der Waals surface area contributed by atoms with Crippen molar-refractivity contribution in [2.24, 2.45) is 11.7 Å². The van der Waals surface area contributed by atoms with Crippen LogP contribution < -0.4 is 32.3 Å². The minimum absolute atomic E-state index is 0.0300. The van der Waals surface area contributed by atoms with Crippen molar-refractivity contribution in [2.45, 2.75) is 102 Å². The lowest BCUT2D eigenvalue weighted by Gasteiger charge is -2.32. The van der Waals surface area contributed by atoms with E-state index < -0.39 is 123 Å². The standard InChI is InChI=1S/C35H53FN7O14PS/c1-18(2)16-24(35(52)53)40-33(50)26-6-5-14-43(26)34(51)28(19(3)57-58(54,55)56)42-32(49)25(17-44)41-30(47)22(11-12-27(37)45)39-31(48)23(13-15-59-4)38-29(46)20-7-9-21(36)10-8-20/h7-10,18-19,22-26,28,44H,5-6,11-17H2,1-4H3,(H2,37,45)(H,38,46)(H,39,48)(H,40,50)(H,41,47)(H,42,49)(H,52,53)(H2,54,55,56)/t19-,22+,23+,24+,25+,26+,28+/m1/s1. The molecule has 1 saturated heterocycles. The third kappa shape index (κ3) is 16.8. The Labute approximate surface area is 343 Å². The summed E-state index contributed by atoms with van der Waals surface area (Å²) in [5.74, 6) is -8.48. The number of aliphatic carboxylic acids is 1. The van der Waals surface area contributed by atoms with E-state index in [0.29, 0.717) is 5.75 Å². The zero-order valence-electron chi connectivity index (χ0n) is 32.9. The van der Waals surface area contributed by atoms with Crippen molar-refractivity contribution in [2.75, 3.05) is 25.2 Å². The number of phosphoric acid groups is 1. The second kappa shape index (κ2) is 23.8. The second-order valence-corrected chi connectivity index (χ2v) is 16.3. The van der Waals surface area contributed by atoms with Gasteiger partial charge < -0.3 is 57.2 Å². The van der Waals surface area contributed by atoms with Crippen LogP contribution in [0, 0.1) is 11.7 Å². The molecule has 0 aliphatic carbocycles. The molecule has 0 saturated carbocycles. The maximum absolute atomic E-state index is 13.9. The van der Waals surface area contributed by atoms with Crippen LogP contribution in [0.1, 0.15) is 69.7 Å². The molecular weight excluding hydrogens is 824 g/mol. The highest BCUT2D eigenvalue weighted by Crippen LogP contribution is 2.38. The average molecular weight is 878 g/mol. The smallest absolute Gasteiger partial charge is 0.469 e. The number of carboxylic acid groups (broad SMARTS) is 1. The van der Waals surface area contributed by atoms with Gasteiger partial charge in [-0.25, -0.2) is 13.8 Å². The first-order chi connectivity index (χ1) is 27.6. The number of rotatable bonds is 24. The van der Waals surface area contributed by atoms with E-state index in [2.05, 4.69) is 26.6 Å². The molecule has 1 aliphatic rings. The fourth-order valence-electron chi connectivity index (χ4n) is 6.00. The number of nitrogens with two attached hydrogens (primary N) is 1. The molecule has 0 bridgehead atoms. The van der Waals surface area contributed by atoms with Gasteiger partial charge in [-0.3, -0.25) is 38.1 Å². The van der Waals surface area contributed by atoms with E-state index in [1.807, 2.05) is 0 Å². The molecule has 1 aromatic rings. The van der Waals surface area contributed by atoms with Crippen molar-refractivity contribution < 1.29 is 71.8 Å². The lowest BCUT2D eigenvalue weighted by molar-refractivity contribution is -0.146. The first-order valence-electron chi connectivity index (χ1n) is 18.5. The summed E-state index contributed by atoms with van der Waals surface area (Å²) in [6.07, 6.45) is -0.456. The number of nitrogens with zero attached hydrogens (tertiary/aromatic N) is 1. The first kappa shape index (κ1) is 50.5. The highest BCUT2D eigenvalue weighted by atomic mass is 32.2. The molecule has 7 amide bonds. The number of carbonyl (C=O) groups is 8. The molecule has 1 aliphatic heterocycles. The van der Waals surface area contributed by atoms with Crippen LogP contribution in [-0.2, 0) is 42.7 Å². The molecule has 24 heteroatoms. The van der Waals surface area contributed by atoms with Crippen molar-refractivity contribution in [3.05, 3.63) is 35.6 Å². The number of aliphatic hydroxyl groups is 1. The Morgan fingerprint density at radius 1 is 0.898 bits per heavy atom. The summed E-state index contributed by atoms with van der Waals surface area (Å²) in [5.41, 5.74) is 5.31. The molecule has 0 spiro atoms. The topological polar surface area (TPSA) is 333 Å². The number of likely N-dealkylation sites (tertiary alicyclic amines) is 1. The number of aliphatic hydroxyl groups excluding tert-OH is 1. The number of phosphoric ester groups is 1. The Kier molecular flexibility index (Phi) is 20.4. The molecule has 0 unspecified atom stereocenters. The molecule has 1 aromatic carbocycles. The molecule has 330 valence electrons. The number of thioether (sulfide) groups is 1. The van der Waals surface area contributed by atoms with Crippen LogP contribution in [0.4, 0.5) is 4.39 Å². The van der Waals surface area contributed by atoms with Crippen molar-refractivity contribution in [1.29, 1.82) is 0 Å². The quantitative estimate of drug-likeness (QED) is 0.0528. The minimum atomic E-state index is -5.31. The van der Waals surface area contributed by atoms with E-state index >= 15 is 0 Å². The van der Waals surface area contributed by atoms with Gasteiger partial charge in [-0.2, -0.15) is 11.8 Å². The number of carboxylic acids is 1. The van der Waals surface area contributed by atoms with Crippen LogP contribution >= 0.6 is 19.6 Å². The van der Waals surface area contributed by atoms with Gasteiger partial charge in [0.15, 0.2) is 0 Å². The Morgan fingerprint density at radius 3 is 2.00 bits per heavy atom. The number of carbonyl (C=O) groups excluding carboxylic acids is 7. The lowest BCUT2D eigenvalue weighted by atomic mass is 10.0. The third-order valence-corrected chi connectivity index (χ3v) is 10.2. The van der Waals surface area contributed by atoms with Gasteiger partial charge in [-0.1, -0.05) is 13.8 Å². The summed E-state index contributed by atoms with van der Waals surface area (Å²) in [4.78, 5) is 124. The van der Waals surface area contributed by atoms with Crippen LogP contribution in [-0.4, -0.2) is 140 Å². The van der Waals surface area contributed by atoms with Crippen LogP contribution in [0.3, 0.4) is 0 Å². The molecule has 7 atom stereocenters. The van der Waals surface area contributed by atoms with Crippen LogP contribution in [0.25, 0.3) is 0 Å². The Hall–Kier alpha value is -4.67. The number of nitrogens with one attached hydrogen (secondary N) is 5. The van der Waals surface area contributed by atoms with Crippen molar-refractivity contribution in [1.82, 2.24) is 31.5 Å². The molecular formula is C35H53FN7O14PS. The normalized spacial score (nSPS) is 17.1. The van der Waals surface area contributed by atoms with Crippen LogP contribution in [0.15, 0.2) is 24.3 Å². The Bertz CT molecular complexity index is 1720. The van der Waals surface area contributed by atoms with Crippen LogP contribution in [0.5, 0.6) is 0 Å². The van der Waals surface area contributed by atoms with Gasteiger partial charge in [0.2, 0.25) is 35.4 Å². The summed E-state index contributed by atoms with van der Waals surface area (Å²) in [6, 6.07) is -4.76. The van der Waals surface area contributed by atoms with Gasteiger partial charge in [0.05, 0.1) is 12.7 Å². The maximum Gasteiger partial charge on any atom is 0.469 e. The van der Waals surface area contributed by atoms with Crippen molar-refractivity contribution in [3.8, 4) is 0 Å². The summed E-state index contributed by atoms with van der Waals surface area (Å²) >= 11 is 1.34. The monoisotopic (exact) mass is 877 g/mol. The fraction of sp³-hybridized carbons (Fsp3) is 0.600. The molecule has 0 aromatic heterocycles. The van der Waals surface area contributed by atoms with E-state index in [0.717, 1.165) is 24.0 Å². The average Bonchev–Trinajstić information content (AvgIpc) is 3.65. The summed E-state index contributed by atoms with van der Waals surface area (Å²) in [7, 11) is -5.31. The van der Waals surface area contributed by atoms with Gasteiger partial charge in [0, 0.05) is 18.5 Å². The zero-order chi connectivity index (χ0) is 44.6. The zero-order valence-corrected chi connectivity index (χ0v) is 34.6. The minimum Gasteiger partial charge on any atom is -0.480 e. The summed E-state index contributed by atoms with van der Waals surface area (Å²) in [5, 5.41) is 31.5. The molecule has 1 fully saturated rings. The third-order valence-electron chi connectivity index (χ3n) is 8.96. The maximum atomic E-state index is 13.9. The van der Waals surface area contributed by atoms with E-state index in [4.69, 9.17) is 10.3 Å². The highest BCUT2D eigenvalue weighted by Gasteiger charge is 2.43. The number of hydrogen-bond donors (Lipinski definition) is 10. The van der Waals surface area contributed by atoms with Gasteiger partial charge in [0.25, 0.3) is 5.91 Å². The Balaban J connectivity index is 2.33. The van der Waals surface area contributed by atoms with Gasteiger partial charge >= 0.3 is 13.8 Å². The molecule has 2 rings (SSSR count). The molecule has 0 radical (unpaired) electrons. The van der Waals surface area contributed by atoms with Crippen molar-refractivity contribution >= 4 is 66.9 Å². The number of benzene rings is 1. The van der Waals surface area contributed by atoms with E-state index in [9.17, 15) is 67.3 Å². The van der Waals surface area contributed by atoms with Crippen LogP contribution in [0.2, 0.25) is 0 Å². The summed E-state index contributed by atoms with van der Waals surface area (Å²) < 4.78 is 29.9. The van der Waals surface area contributed by atoms with E-state index in [-0.39, 0.29) is 43.7 Å². The van der Waals surface area contributed by atoms with Gasteiger partial charge in [-0.15, -0.1) is 0 Å². The number of halogens is 1. The Morgan fingerprint density at radius 2 is 1.47 bits per heavy atom. The highest BCUT2D eigenvalue weighted by molar-refractivity contribution is 7.98. The second-order valence-electron chi connectivity index (χ2n) is 14.1. The largest absolute Gasteiger partial charge is 0.480 e. The summed E-state index contributed by atoms with van der Waals surface area (Å²) in [6.45, 7) is 3.30. The van der Waals surface area contributed by atoms with Crippen molar-refractivity contribution in [3.63, 3.8) is 0 Å². The van der Waals surface area contributed by atoms with E-state index in [1.165, 1.54) is 23.9 Å². The first-order valence-corrected chi connectivity index (χ1v) is 21.4. The van der Waals surface area contributed by atoms with Gasteiger partial charge in [0.1, 0.15) is 42.1 Å². The van der Waals surface area contributed by atoms with E-state index in [1.54, 1.807) is 20.1 Å². The number of hydrogen-bond acceptors (Lipinski definition) is 12. The molecule has 59 heavy (non-hydrogen) atoms.